The van der Waals surface area contributed by atoms with Crippen LogP contribution in [0.15, 0.2) is 35.1 Å². The zero-order valence-corrected chi connectivity index (χ0v) is 16.9. The zero-order valence-electron chi connectivity index (χ0n) is 15.4. The van der Waals surface area contributed by atoms with Crippen molar-refractivity contribution < 1.29 is 0 Å². The third-order valence-corrected chi connectivity index (χ3v) is 5.24. The van der Waals surface area contributed by atoms with E-state index in [1.54, 1.807) is 6.33 Å². The van der Waals surface area contributed by atoms with Gasteiger partial charge in [-0.15, -0.1) is 0 Å². The van der Waals surface area contributed by atoms with Crippen molar-refractivity contribution in [2.75, 3.05) is 48.9 Å². The van der Waals surface area contributed by atoms with Crippen LogP contribution in [0.3, 0.4) is 0 Å². The SMILES string of the molecule is CN(C)c1cc(N(C)C2CCCN(c3cc(Br)cc(C#N)c3)C2)ncn1. The molecule has 1 unspecified atom stereocenters. The van der Waals surface area contributed by atoms with E-state index in [0.29, 0.717) is 11.6 Å². The first-order valence-corrected chi connectivity index (χ1v) is 9.45. The van der Waals surface area contributed by atoms with Gasteiger partial charge >= 0.3 is 0 Å². The van der Waals surface area contributed by atoms with Gasteiger partial charge in [-0.1, -0.05) is 15.9 Å². The average Bonchev–Trinajstić information content (AvgIpc) is 2.67. The summed E-state index contributed by atoms with van der Waals surface area (Å²) in [6.45, 7) is 1.90. The van der Waals surface area contributed by atoms with Crippen LogP contribution in [-0.2, 0) is 0 Å². The maximum Gasteiger partial charge on any atom is 0.134 e. The highest BCUT2D eigenvalue weighted by Gasteiger charge is 2.25. The number of aromatic nitrogens is 2. The molecule has 3 rings (SSSR count). The number of anilines is 3. The lowest BCUT2D eigenvalue weighted by Crippen LogP contribution is -2.47. The highest BCUT2D eigenvalue weighted by molar-refractivity contribution is 9.10. The van der Waals surface area contributed by atoms with Crippen LogP contribution in [-0.4, -0.2) is 50.2 Å². The normalized spacial score (nSPS) is 16.9. The van der Waals surface area contributed by atoms with E-state index in [4.69, 9.17) is 0 Å². The standard InChI is InChI=1S/C19H23BrN6/c1-24(2)18-10-19(23-13-22-18)25(3)16-5-4-6-26(12-16)17-8-14(11-21)7-15(20)9-17/h7-10,13,16H,4-6,12H2,1-3H3. The number of piperidine rings is 1. The molecule has 1 aliphatic rings. The maximum atomic E-state index is 9.23. The van der Waals surface area contributed by atoms with E-state index in [0.717, 1.165) is 47.7 Å². The number of halogens is 1. The Kier molecular flexibility index (Phi) is 5.62. The minimum absolute atomic E-state index is 0.359. The second kappa shape index (κ2) is 7.92. The van der Waals surface area contributed by atoms with Crippen LogP contribution in [0.25, 0.3) is 0 Å². The Bertz CT molecular complexity index is 816. The van der Waals surface area contributed by atoms with E-state index in [1.165, 1.54) is 0 Å². The van der Waals surface area contributed by atoms with Gasteiger partial charge in [-0.05, 0) is 31.0 Å². The molecule has 6 nitrogen and oxygen atoms in total. The van der Waals surface area contributed by atoms with E-state index >= 15 is 0 Å². The molecule has 0 amide bonds. The van der Waals surface area contributed by atoms with Crippen LogP contribution >= 0.6 is 15.9 Å². The molecule has 26 heavy (non-hydrogen) atoms. The smallest absolute Gasteiger partial charge is 0.134 e. The number of benzene rings is 1. The molecule has 1 fully saturated rings. The number of hydrogen-bond donors (Lipinski definition) is 0. The first-order chi connectivity index (χ1) is 12.5. The van der Waals surface area contributed by atoms with E-state index in [-0.39, 0.29) is 0 Å². The van der Waals surface area contributed by atoms with Crippen LogP contribution < -0.4 is 14.7 Å². The van der Waals surface area contributed by atoms with Crippen molar-refractivity contribution >= 4 is 33.3 Å². The van der Waals surface area contributed by atoms with Gasteiger partial charge in [0.15, 0.2) is 0 Å². The predicted molar refractivity (Wildman–Crippen MR) is 109 cm³/mol. The number of rotatable bonds is 4. The second-order valence-corrected chi connectivity index (χ2v) is 7.71. The van der Waals surface area contributed by atoms with Gasteiger partial charge in [-0.2, -0.15) is 5.26 Å². The Labute approximate surface area is 163 Å². The molecule has 0 radical (unpaired) electrons. The van der Waals surface area contributed by atoms with Gasteiger partial charge < -0.3 is 14.7 Å². The zero-order chi connectivity index (χ0) is 18.7. The van der Waals surface area contributed by atoms with Gasteiger partial charge in [0.25, 0.3) is 0 Å². The molecule has 2 heterocycles. The van der Waals surface area contributed by atoms with Crippen molar-refractivity contribution in [3.8, 4) is 6.07 Å². The van der Waals surface area contributed by atoms with Crippen LogP contribution in [0.2, 0.25) is 0 Å². The van der Waals surface area contributed by atoms with E-state index in [2.05, 4.69) is 54.9 Å². The maximum absolute atomic E-state index is 9.23. The predicted octanol–water partition coefficient (Wildman–Crippen LogP) is 3.28. The lowest BCUT2D eigenvalue weighted by Gasteiger charge is -2.39. The van der Waals surface area contributed by atoms with Crippen LogP contribution in [0.4, 0.5) is 17.3 Å². The average molecular weight is 415 g/mol. The minimum Gasteiger partial charge on any atom is -0.369 e. The molecular weight excluding hydrogens is 392 g/mol. The summed E-state index contributed by atoms with van der Waals surface area (Å²) >= 11 is 3.51. The summed E-state index contributed by atoms with van der Waals surface area (Å²) in [7, 11) is 6.06. The summed E-state index contributed by atoms with van der Waals surface area (Å²) in [5, 5.41) is 9.23. The summed E-state index contributed by atoms with van der Waals surface area (Å²) < 4.78 is 0.938. The third kappa shape index (κ3) is 4.07. The molecule has 0 aliphatic carbocycles. The molecule has 1 aliphatic heterocycles. The summed E-state index contributed by atoms with van der Waals surface area (Å²) in [4.78, 5) is 15.3. The lowest BCUT2D eigenvalue weighted by molar-refractivity contribution is 0.486. The van der Waals surface area contributed by atoms with Gasteiger partial charge in [-0.25, -0.2) is 9.97 Å². The Hall–Kier alpha value is -2.33. The summed E-state index contributed by atoms with van der Waals surface area (Å²) in [5.74, 6) is 1.84. The highest BCUT2D eigenvalue weighted by Crippen LogP contribution is 2.28. The molecule has 2 aromatic rings. The van der Waals surface area contributed by atoms with Crippen molar-refractivity contribution in [2.24, 2.45) is 0 Å². The van der Waals surface area contributed by atoms with Gasteiger partial charge in [0.05, 0.1) is 11.6 Å². The quantitative estimate of drug-likeness (QED) is 0.764. The van der Waals surface area contributed by atoms with Crippen LogP contribution in [0, 0.1) is 11.3 Å². The van der Waals surface area contributed by atoms with Crippen molar-refractivity contribution in [1.29, 1.82) is 5.26 Å². The molecule has 0 saturated carbocycles. The van der Waals surface area contributed by atoms with Gasteiger partial charge in [0, 0.05) is 56.5 Å². The number of likely N-dealkylation sites (N-methyl/N-ethyl adjacent to an activating group) is 1. The van der Waals surface area contributed by atoms with Crippen molar-refractivity contribution in [1.82, 2.24) is 9.97 Å². The Morgan fingerprint density at radius 1 is 1.15 bits per heavy atom. The molecule has 1 atom stereocenters. The van der Waals surface area contributed by atoms with Gasteiger partial charge in [0.2, 0.25) is 0 Å². The minimum atomic E-state index is 0.359. The van der Waals surface area contributed by atoms with E-state index in [9.17, 15) is 5.26 Å². The molecule has 1 saturated heterocycles. The highest BCUT2D eigenvalue weighted by atomic mass is 79.9. The van der Waals surface area contributed by atoms with Crippen LogP contribution in [0.5, 0.6) is 0 Å². The largest absolute Gasteiger partial charge is 0.369 e. The first-order valence-electron chi connectivity index (χ1n) is 8.66. The Balaban J connectivity index is 1.79. The molecule has 0 spiro atoms. The monoisotopic (exact) mass is 414 g/mol. The number of nitriles is 1. The molecule has 1 aromatic carbocycles. The Morgan fingerprint density at radius 2 is 1.92 bits per heavy atom. The molecule has 7 heteroatoms. The van der Waals surface area contributed by atoms with E-state index < -0.39 is 0 Å². The summed E-state index contributed by atoms with van der Waals surface area (Å²) in [6, 6.07) is 10.5. The van der Waals surface area contributed by atoms with Crippen molar-refractivity contribution in [3.63, 3.8) is 0 Å². The molecule has 0 N–H and O–H groups in total. The van der Waals surface area contributed by atoms with Crippen molar-refractivity contribution in [2.45, 2.75) is 18.9 Å². The summed E-state index contributed by atoms with van der Waals surface area (Å²) in [6.07, 6.45) is 3.84. The third-order valence-electron chi connectivity index (χ3n) is 4.78. The molecule has 136 valence electrons. The fourth-order valence-electron chi connectivity index (χ4n) is 3.29. The molecular formula is C19H23BrN6. The Morgan fingerprint density at radius 3 is 2.65 bits per heavy atom. The summed E-state index contributed by atoms with van der Waals surface area (Å²) in [5.41, 5.74) is 1.77. The lowest BCUT2D eigenvalue weighted by atomic mass is 10.0. The second-order valence-electron chi connectivity index (χ2n) is 6.79. The molecule has 0 bridgehead atoms. The topological polar surface area (TPSA) is 59.3 Å². The van der Waals surface area contributed by atoms with Crippen molar-refractivity contribution in [3.05, 3.63) is 40.6 Å². The fraction of sp³-hybridized carbons (Fsp3) is 0.421. The van der Waals surface area contributed by atoms with E-state index in [1.807, 2.05) is 37.2 Å². The number of hydrogen-bond acceptors (Lipinski definition) is 6. The van der Waals surface area contributed by atoms with Crippen LogP contribution in [0.1, 0.15) is 18.4 Å². The first kappa shape index (κ1) is 18.5. The fourth-order valence-corrected chi connectivity index (χ4v) is 3.77. The molecule has 1 aromatic heterocycles. The van der Waals surface area contributed by atoms with Gasteiger partial charge in [0.1, 0.15) is 18.0 Å². The number of nitrogens with zero attached hydrogens (tertiary/aromatic N) is 6. The van der Waals surface area contributed by atoms with Gasteiger partial charge in [-0.3, -0.25) is 0 Å².